The fourth-order valence-electron chi connectivity index (χ4n) is 7.84. The molecule has 0 radical (unpaired) electrons. The van der Waals surface area contributed by atoms with Gasteiger partial charge in [-0.2, -0.15) is 0 Å². The number of carbonyl (C=O) groups is 5. The number of carbonyl (C=O) groups excluding carboxylic acids is 5. The molecule has 346 valence electrons. The average Bonchev–Trinajstić information content (AvgIpc) is 3.90. The topological polar surface area (TPSA) is 269 Å². The summed E-state index contributed by atoms with van der Waals surface area (Å²) in [5.41, 5.74) is 6.97. The monoisotopic (exact) mass is 920 g/mol. The van der Waals surface area contributed by atoms with Gasteiger partial charge in [0.1, 0.15) is 41.9 Å². The highest BCUT2D eigenvalue weighted by Gasteiger charge is 2.33. The molecule has 2 saturated heterocycles. The number of rotatable bonds is 10. The predicted octanol–water partition coefficient (Wildman–Crippen LogP) is 0.931. The molecule has 67 heavy (non-hydrogen) atoms. The molecule has 0 saturated carbocycles. The van der Waals surface area contributed by atoms with Gasteiger partial charge in [-0.05, 0) is 48.7 Å². The van der Waals surface area contributed by atoms with E-state index >= 15 is 0 Å². The maximum Gasteiger partial charge on any atom is 0.270 e. The first-order valence-corrected chi connectivity index (χ1v) is 21.1. The van der Waals surface area contributed by atoms with Crippen LogP contribution >= 0.6 is 0 Å². The van der Waals surface area contributed by atoms with Crippen molar-refractivity contribution in [3.05, 3.63) is 105 Å². The number of pyridine rings is 5. The Hall–Kier alpha value is -7.92. The Morgan fingerprint density at radius 3 is 2.18 bits per heavy atom. The van der Waals surface area contributed by atoms with Crippen LogP contribution in [0.3, 0.4) is 0 Å². The number of ether oxygens (including phenoxy) is 2. The van der Waals surface area contributed by atoms with Gasteiger partial charge < -0.3 is 35.2 Å². The van der Waals surface area contributed by atoms with Crippen molar-refractivity contribution in [3.8, 4) is 11.5 Å². The van der Waals surface area contributed by atoms with E-state index in [2.05, 4.69) is 35.6 Å². The number of fused-ring (bicyclic) bond motifs is 4. The summed E-state index contributed by atoms with van der Waals surface area (Å²) in [6.07, 6.45) is 4.83. The van der Waals surface area contributed by atoms with Crippen LogP contribution < -0.4 is 46.8 Å². The van der Waals surface area contributed by atoms with E-state index in [1.165, 1.54) is 16.7 Å². The summed E-state index contributed by atoms with van der Waals surface area (Å²) < 4.78 is 39.7. The predicted molar refractivity (Wildman–Crippen MR) is 235 cm³/mol. The van der Waals surface area contributed by atoms with Gasteiger partial charge in [0.05, 0.1) is 53.8 Å². The summed E-state index contributed by atoms with van der Waals surface area (Å²) in [5, 5.41) is 5.93. The number of aldehydes is 1. The first-order chi connectivity index (χ1) is 32.4. The van der Waals surface area contributed by atoms with E-state index in [0.717, 1.165) is 29.2 Å². The summed E-state index contributed by atoms with van der Waals surface area (Å²) in [6.45, 7) is 2.87. The van der Waals surface area contributed by atoms with Gasteiger partial charge in [-0.15, -0.1) is 0 Å². The molecule has 6 aromatic heterocycles. The second kappa shape index (κ2) is 20.1. The molecule has 0 unspecified atom stereocenters. The van der Waals surface area contributed by atoms with Crippen molar-refractivity contribution in [2.24, 2.45) is 17.6 Å². The molecule has 0 spiro atoms. The number of hydrogen-bond donors (Lipinski definition) is 3. The minimum absolute atomic E-state index is 0.00438. The van der Waals surface area contributed by atoms with Gasteiger partial charge in [0.2, 0.25) is 11.8 Å². The molecule has 23 heteroatoms. The van der Waals surface area contributed by atoms with Crippen molar-refractivity contribution in [2.75, 3.05) is 61.1 Å². The third-order valence-corrected chi connectivity index (χ3v) is 11.1. The zero-order valence-corrected chi connectivity index (χ0v) is 35.6. The van der Waals surface area contributed by atoms with Crippen LogP contribution in [0.15, 0.2) is 76.7 Å². The van der Waals surface area contributed by atoms with Crippen molar-refractivity contribution in [1.82, 2.24) is 39.4 Å². The Labute approximate surface area is 377 Å². The highest BCUT2D eigenvalue weighted by atomic mass is 19.1. The van der Waals surface area contributed by atoms with Crippen molar-refractivity contribution in [1.29, 1.82) is 0 Å². The number of halogens is 2. The van der Waals surface area contributed by atoms with Crippen LogP contribution in [0.5, 0.6) is 11.5 Å². The zero-order chi connectivity index (χ0) is 47.2. The maximum atomic E-state index is 13.6. The molecule has 6 aromatic rings. The third kappa shape index (κ3) is 10.5. The van der Waals surface area contributed by atoms with E-state index in [0.29, 0.717) is 104 Å². The van der Waals surface area contributed by atoms with Crippen molar-refractivity contribution >= 4 is 69.4 Å². The standard InChI is InChI=1S/C22H21FN6O4.C13H15N3O3.C9H6FN3O2/c23-14-8-16-15(25-10-14)1-4-20(31)28(16)6-5-24-9-13-7-21(32)29(11-13)18-3-2-17-22(26-18)27-19(30)12-33-17;14-5-8-3-13(18)16(6-8)12-2-1-11-10(15-12)4-9(17)7-19-11;10-6-3-7-9(11-4-6)12-5-8(15)13(7)1-2-14/h1-4,8,10,13,24H,5-7,9,11-12H2,(H,26,27,30);1-2,8H,3-7,14H2;2-5H,1H2/t13-;8-;/m11./s1. The largest absolute Gasteiger partial charge is 0.484 e. The fourth-order valence-corrected chi connectivity index (χ4v) is 7.84. The second-order valence-electron chi connectivity index (χ2n) is 15.8. The minimum Gasteiger partial charge on any atom is -0.484 e. The number of amides is 3. The van der Waals surface area contributed by atoms with Gasteiger partial charge in [0.25, 0.3) is 17.0 Å². The molecular weight excluding hydrogens is 879 g/mol. The summed E-state index contributed by atoms with van der Waals surface area (Å²) in [6, 6.07) is 12.3. The SMILES string of the molecule is NC[C@H]1CC(=O)N(c2ccc3c(n2)CC(=O)CO3)C1.O=C1COc2ccc(N3C[C@@H](CNCCn4c(=O)ccc5ncc(F)cc54)CC3=O)nc2N1.O=CCn1c(=O)cnc2ncc(F)cc21. The van der Waals surface area contributed by atoms with Gasteiger partial charge in [0, 0.05) is 63.8 Å². The Morgan fingerprint density at radius 2 is 1.43 bits per heavy atom. The van der Waals surface area contributed by atoms with Crippen molar-refractivity contribution in [3.63, 3.8) is 0 Å². The number of anilines is 3. The number of ketones is 1. The Morgan fingerprint density at radius 1 is 0.761 bits per heavy atom. The van der Waals surface area contributed by atoms with Crippen molar-refractivity contribution < 1.29 is 42.2 Å². The van der Waals surface area contributed by atoms with Crippen LogP contribution in [-0.4, -0.2) is 110 Å². The first-order valence-electron chi connectivity index (χ1n) is 21.1. The van der Waals surface area contributed by atoms with E-state index in [4.69, 9.17) is 15.2 Å². The number of nitrogens with two attached hydrogens (primary N) is 1. The summed E-state index contributed by atoms with van der Waals surface area (Å²) in [5.74, 6) is 1.33. The molecule has 0 bridgehead atoms. The molecular formula is C44H42F2N12O9. The van der Waals surface area contributed by atoms with Gasteiger partial charge >= 0.3 is 0 Å². The molecule has 2 atom stereocenters. The minimum atomic E-state index is -0.574. The molecule has 4 aliphatic heterocycles. The molecule has 10 rings (SSSR count). The Balaban J connectivity index is 0.000000151. The van der Waals surface area contributed by atoms with Crippen LogP contribution in [0, 0.1) is 23.5 Å². The quantitative estimate of drug-likeness (QED) is 0.127. The Bertz CT molecular complexity index is 3040. The second-order valence-corrected chi connectivity index (χ2v) is 15.8. The summed E-state index contributed by atoms with van der Waals surface area (Å²) in [7, 11) is 0. The van der Waals surface area contributed by atoms with Crippen LogP contribution in [0.25, 0.3) is 22.2 Å². The van der Waals surface area contributed by atoms with Gasteiger partial charge in [-0.3, -0.25) is 48.1 Å². The van der Waals surface area contributed by atoms with Gasteiger partial charge in [-0.1, -0.05) is 0 Å². The third-order valence-electron chi connectivity index (χ3n) is 11.1. The van der Waals surface area contributed by atoms with E-state index in [9.17, 15) is 42.3 Å². The summed E-state index contributed by atoms with van der Waals surface area (Å²) in [4.78, 5) is 105. The molecule has 0 aliphatic carbocycles. The molecule has 10 heterocycles. The normalized spacial score (nSPS) is 17.4. The lowest BCUT2D eigenvalue weighted by molar-refractivity contribution is -0.121. The highest BCUT2D eigenvalue weighted by Crippen LogP contribution is 2.31. The number of Topliss-reactive ketones (excluding diaryl/α,β-unsaturated/α-hetero) is 1. The lowest BCUT2D eigenvalue weighted by Crippen LogP contribution is -2.32. The average molecular weight is 921 g/mol. The zero-order valence-electron chi connectivity index (χ0n) is 35.6. The van der Waals surface area contributed by atoms with Gasteiger partial charge in [-0.25, -0.2) is 28.7 Å². The lowest BCUT2D eigenvalue weighted by Gasteiger charge is -2.21. The van der Waals surface area contributed by atoms with E-state index in [1.54, 1.807) is 40.1 Å². The highest BCUT2D eigenvalue weighted by molar-refractivity contribution is 5.97. The van der Waals surface area contributed by atoms with Crippen LogP contribution in [0.1, 0.15) is 18.5 Å². The van der Waals surface area contributed by atoms with Crippen molar-refractivity contribution in [2.45, 2.75) is 32.4 Å². The number of nitrogens with zero attached hydrogens (tertiary/aromatic N) is 9. The number of aromatic nitrogens is 7. The van der Waals surface area contributed by atoms with E-state index in [-0.39, 0.29) is 78.2 Å². The molecule has 0 aromatic carbocycles. The van der Waals surface area contributed by atoms with E-state index < -0.39 is 17.2 Å². The van der Waals surface area contributed by atoms with Crippen LogP contribution in [0.4, 0.5) is 26.2 Å². The maximum absolute atomic E-state index is 13.6. The molecule has 2 fully saturated rings. The van der Waals surface area contributed by atoms with Crippen LogP contribution in [0.2, 0.25) is 0 Å². The summed E-state index contributed by atoms with van der Waals surface area (Å²) >= 11 is 0. The smallest absolute Gasteiger partial charge is 0.270 e. The lowest BCUT2D eigenvalue weighted by atomic mass is 10.1. The number of nitrogens with one attached hydrogen (secondary N) is 2. The molecule has 21 nitrogen and oxygen atoms in total. The van der Waals surface area contributed by atoms with Gasteiger partial charge in [0.15, 0.2) is 29.6 Å². The molecule has 4 N–H and O–H groups in total. The van der Waals surface area contributed by atoms with E-state index in [1.807, 2.05) is 0 Å². The first kappa shape index (κ1) is 45.6. The molecule has 4 aliphatic rings. The number of hydrogen-bond acceptors (Lipinski definition) is 16. The molecule has 3 amide bonds. The fraction of sp³-hybridized carbons (Fsp3) is 0.318. The van der Waals surface area contributed by atoms with Crippen LogP contribution in [-0.2, 0) is 43.5 Å². The Kier molecular flexibility index (Phi) is 13.7.